The number of nitrogens with zero attached hydrogens (tertiary/aromatic N) is 2. The van der Waals surface area contributed by atoms with E-state index in [0.717, 1.165) is 4.67 Å². The van der Waals surface area contributed by atoms with E-state index in [1.165, 1.54) is 19.9 Å². The van der Waals surface area contributed by atoms with Crippen LogP contribution in [-0.2, 0) is 4.57 Å². The van der Waals surface area contributed by atoms with Crippen molar-refractivity contribution in [1.29, 1.82) is 5.26 Å². The minimum Gasteiger partial charge on any atom is -0.777 e. The van der Waals surface area contributed by atoms with E-state index in [0.29, 0.717) is 0 Å². The second kappa shape index (κ2) is 5.00. The fourth-order valence-corrected chi connectivity index (χ4v) is 0.268. The molecule has 0 amide bonds. The first-order chi connectivity index (χ1) is 3.50. The molecule has 0 saturated heterocycles. The molecule has 0 bridgehead atoms. The van der Waals surface area contributed by atoms with E-state index in [9.17, 15) is 9.46 Å². The molecular formula is C3H6KN2O2P. The molecule has 0 N–H and O–H groups in total. The molecule has 0 aliphatic carbocycles. The molecule has 0 aromatic heterocycles. The van der Waals surface area contributed by atoms with Gasteiger partial charge in [-0.3, -0.25) is 4.67 Å². The summed E-state index contributed by atoms with van der Waals surface area (Å²) in [5, 5.41) is 7.90. The maximum Gasteiger partial charge on any atom is 1.00 e. The molecule has 0 spiro atoms. The van der Waals surface area contributed by atoms with Gasteiger partial charge in [0.15, 0.2) is 7.52 Å². The van der Waals surface area contributed by atoms with Crippen LogP contribution in [0.25, 0.3) is 0 Å². The van der Waals surface area contributed by atoms with Crippen LogP contribution in [0.4, 0.5) is 0 Å². The van der Waals surface area contributed by atoms with Crippen molar-refractivity contribution in [2.45, 2.75) is 0 Å². The van der Waals surface area contributed by atoms with E-state index >= 15 is 0 Å². The Bertz CT molecular complexity index is 164. The van der Waals surface area contributed by atoms with E-state index in [1.807, 2.05) is 0 Å². The van der Waals surface area contributed by atoms with Crippen LogP contribution in [0.15, 0.2) is 0 Å². The number of hydrogen-bond acceptors (Lipinski definition) is 3. The SMILES string of the molecule is CN(C)P(=O)([O-])C#N.[K+]. The summed E-state index contributed by atoms with van der Waals surface area (Å²) in [6.07, 6.45) is 0. The fraction of sp³-hybridized carbons (Fsp3) is 0.667. The smallest absolute Gasteiger partial charge is 0.777 e. The number of hydrogen-bond donors (Lipinski definition) is 0. The van der Waals surface area contributed by atoms with Gasteiger partial charge in [0.1, 0.15) is 5.81 Å². The zero-order chi connectivity index (χ0) is 6.78. The van der Waals surface area contributed by atoms with Gasteiger partial charge in [0, 0.05) is 0 Å². The molecule has 46 valence electrons. The molecule has 1 atom stereocenters. The van der Waals surface area contributed by atoms with Gasteiger partial charge in [-0.05, 0) is 14.1 Å². The predicted octanol–water partition coefficient (Wildman–Crippen LogP) is -3.41. The van der Waals surface area contributed by atoms with E-state index in [4.69, 9.17) is 5.26 Å². The van der Waals surface area contributed by atoms with Crippen LogP contribution in [0.5, 0.6) is 0 Å². The molecule has 0 aliphatic heterocycles. The predicted molar refractivity (Wildman–Crippen MR) is 26.9 cm³/mol. The first-order valence-electron chi connectivity index (χ1n) is 1.91. The van der Waals surface area contributed by atoms with Gasteiger partial charge in [-0.2, -0.15) is 5.26 Å². The summed E-state index contributed by atoms with van der Waals surface area (Å²) >= 11 is 0. The topological polar surface area (TPSA) is 67.2 Å². The van der Waals surface area contributed by atoms with Crippen molar-refractivity contribution < 1.29 is 60.8 Å². The van der Waals surface area contributed by atoms with Gasteiger partial charge in [0.05, 0.1) is 0 Å². The standard InChI is InChI=1S/C3H7N2O2P.K/c1-5(2)8(6,7)3-4;/h1-2H3,(H,6,7);/q;+1/p-1. The second-order valence-electron chi connectivity index (χ2n) is 1.47. The molecular weight excluding hydrogens is 166 g/mol. The van der Waals surface area contributed by atoms with Gasteiger partial charge < -0.3 is 9.46 Å². The second-order valence-corrected chi connectivity index (χ2v) is 3.51. The van der Waals surface area contributed by atoms with Crippen molar-refractivity contribution in [2.24, 2.45) is 0 Å². The minimum atomic E-state index is -3.86. The van der Waals surface area contributed by atoms with Crippen molar-refractivity contribution in [3.05, 3.63) is 0 Å². The third-order valence-electron chi connectivity index (χ3n) is 0.653. The molecule has 0 aromatic carbocycles. The maximum atomic E-state index is 10.3. The van der Waals surface area contributed by atoms with Crippen LogP contribution in [-0.4, -0.2) is 18.8 Å². The zero-order valence-electron chi connectivity index (χ0n) is 5.66. The molecule has 0 fully saturated rings. The average molecular weight is 172 g/mol. The van der Waals surface area contributed by atoms with Crippen molar-refractivity contribution in [2.75, 3.05) is 14.1 Å². The van der Waals surface area contributed by atoms with Gasteiger partial charge in [-0.15, -0.1) is 0 Å². The van der Waals surface area contributed by atoms with Crippen molar-refractivity contribution in [3.63, 3.8) is 0 Å². The van der Waals surface area contributed by atoms with E-state index in [-0.39, 0.29) is 51.4 Å². The summed E-state index contributed by atoms with van der Waals surface area (Å²) < 4.78 is 11.2. The van der Waals surface area contributed by atoms with Gasteiger partial charge in [0.2, 0.25) is 0 Å². The van der Waals surface area contributed by atoms with Gasteiger partial charge >= 0.3 is 51.4 Å². The Morgan fingerprint density at radius 2 is 2.00 bits per heavy atom. The van der Waals surface area contributed by atoms with Crippen molar-refractivity contribution >= 4 is 7.52 Å². The summed E-state index contributed by atoms with van der Waals surface area (Å²) in [6, 6.07) is 0. The normalized spacial score (nSPS) is 15.4. The Kier molecular flexibility index (Phi) is 7.17. The van der Waals surface area contributed by atoms with Gasteiger partial charge in [0.25, 0.3) is 0 Å². The monoisotopic (exact) mass is 172 g/mol. The summed E-state index contributed by atoms with van der Waals surface area (Å²) in [4.78, 5) is 10.3. The average Bonchev–Trinajstić information content (AvgIpc) is 1.67. The first kappa shape index (κ1) is 12.9. The summed E-state index contributed by atoms with van der Waals surface area (Å²) in [5.41, 5.74) is 0. The third kappa shape index (κ3) is 4.65. The molecule has 0 radical (unpaired) electrons. The van der Waals surface area contributed by atoms with Crippen LogP contribution >= 0.6 is 7.52 Å². The Morgan fingerprint density at radius 3 is 2.00 bits per heavy atom. The van der Waals surface area contributed by atoms with E-state index in [2.05, 4.69) is 0 Å². The maximum absolute atomic E-state index is 10.3. The van der Waals surface area contributed by atoms with Crippen LogP contribution in [0, 0.1) is 11.1 Å². The van der Waals surface area contributed by atoms with E-state index in [1.54, 1.807) is 0 Å². The summed E-state index contributed by atoms with van der Waals surface area (Å²) in [6.45, 7) is 0. The number of nitriles is 1. The summed E-state index contributed by atoms with van der Waals surface area (Å²) in [7, 11) is -1.22. The Labute approximate surface area is 96.8 Å². The molecule has 0 aromatic rings. The zero-order valence-corrected chi connectivity index (χ0v) is 9.68. The third-order valence-corrected chi connectivity index (χ3v) is 1.96. The van der Waals surface area contributed by atoms with Crippen LogP contribution < -0.4 is 56.3 Å². The van der Waals surface area contributed by atoms with Crippen LogP contribution in [0.3, 0.4) is 0 Å². The molecule has 9 heavy (non-hydrogen) atoms. The molecule has 0 heterocycles. The van der Waals surface area contributed by atoms with Gasteiger partial charge in [-0.1, -0.05) is 0 Å². The van der Waals surface area contributed by atoms with Gasteiger partial charge in [-0.25, -0.2) is 0 Å². The van der Waals surface area contributed by atoms with Crippen LogP contribution in [0.2, 0.25) is 0 Å². The molecule has 0 saturated carbocycles. The Balaban J connectivity index is 0. The van der Waals surface area contributed by atoms with E-state index < -0.39 is 7.52 Å². The summed E-state index contributed by atoms with van der Waals surface area (Å²) in [5.74, 6) is 1.17. The minimum absolute atomic E-state index is 0. The molecule has 0 rings (SSSR count). The molecule has 6 heteroatoms. The quantitative estimate of drug-likeness (QED) is 0.305. The van der Waals surface area contributed by atoms with Crippen LogP contribution in [0.1, 0.15) is 0 Å². The molecule has 1 unspecified atom stereocenters. The molecule has 0 aliphatic rings. The van der Waals surface area contributed by atoms with Crippen molar-refractivity contribution in [1.82, 2.24) is 4.67 Å². The largest absolute Gasteiger partial charge is 1.00 e. The molecule has 4 nitrogen and oxygen atoms in total. The number of rotatable bonds is 1. The first-order valence-corrected chi connectivity index (χ1v) is 3.48. The van der Waals surface area contributed by atoms with Crippen molar-refractivity contribution in [3.8, 4) is 5.81 Å². The Morgan fingerprint density at radius 1 is 1.67 bits per heavy atom. The fourth-order valence-electron chi connectivity index (χ4n) is 0.0894. The Hall–Kier alpha value is 1.28.